The average Bonchev–Trinajstić information content (AvgIpc) is 2.68. The number of H-pyrrole nitrogens is 1. The molecule has 3 rings (SSSR count). The molecule has 96 valence electrons. The average molecular weight is 272 g/mol. The maximum Gasteiger partial charge on any atom is 0.178 e. The van der Waals surface area contributed by atoms with Crippen molar-refractivity contribution in [1.29, 1.82) is 0 Å². The van der Waals surface area contributed by atoms with Crippen LogP contribution in [0.5, 0.6) is 0 Å². The van der Waals surface area contributed by atoms with Gasteiger partial charge in [-0.1, -0.05) is 18.2 Å². The van der Waals surface area contributed by atoms with Crippen LogP contribution in [0.3, 0.4) is 0 Å². The Kier molecular flexibility index (Phi) is 2.95. The largest absolute Gasteiger partial charge is 0.331 e. The number of fused-ring (bicyclic) bond motifs is 1. The molecular formula is C15H13FN2S. The Balaban J connectivity index is 2.07. The van der Waals surface area contributed by atoms with Gasteiger partial charge in [-0.25, -0.2) is 4.39 Å². The van der Waals surface area contributed by atoms with Crippen molar-refractivity contribution in [3.05, 3.63) is 64.2 Å². The quantitative estimate of drug-likeness (QED) is 0.694. The minimum absolute atomic E-state index is 0.220. The van der Waals surface area contributed by atoms with Crippen molar-refractivity contribution in [1.82, 2.24) is 9.55 Å². The van der Waals surface area contributed by atoms with Crippen LogP contribution in [0.15, 0.2) is 42.5 Å². The van der Waals surface area contributed by atoms with Crippen LogP contribution >= 0.6 is 12.2 Å². The number of benzene rings is 2. The summed E-state index contributed by atoms with van der Waals surface area (Å²) < 4.78 is 15.6. The first-order chi connectivity index (χ1) is 9.13. The molecule has 0 unspecified atom stereocenters. The van der Waals surface area contributed by atoms with E-state index in [1.165, 1.54) is 17.7 Å². The molecule has 0 radical (unpaired) electrons. The first kappa shape index (κ1) is 12.1. The molecule has 19 heavy (non-hydrogen) atoms. The lowest BCUT2D eigenvalue weighted by atomic mass is 10.2. The van der Waals surface area contributed by atoms with Gasteiger partial charge in [-0.2, -0.15) is 0 Å². The molecule has 0 saturated heterocycles. The lowest BCUT2D eigenvalue weighted by molar-refractivity contribution is 0.626. The van der Waals surface area contributed by atoms with Crippen LogP contribution in [0.25, 0.3) is 11.0 Å². The first-order valence-electron chi connectivity index (χ1n) is 6.07. The summed E-state index contributed by atoms with van der Waals surface area (Å²) in [5.74, 6) is -0.220. The van der Waals surface area contributed by atoms with Gasteiger partial charge in [-0.05, 0) is 54.5 Å². The fraction of sp³-hybridized carbons (Fsp3) is 0.133. The summed E-state index contributed by atoms with van der Waals surface area (Å²) >= 11 is 5.35. The number of aromatic nitrogens is 2. The molecule has 0 aliphatic heterocycles. The van der Waals surface area contributed by atoms with Crippen LogP contribution in [-0.4, -0.2) is 9.55 Å². The third-order valence-electron chi connectivity index (χ3n) is 3.18. The molecule has 2 nitrogen and oxygen atoms in total. The first-order valence-corrected chi connectivity index (χ1v) is 6.48. The third kappa shape index (κ3) is 2.31. The number of nitrogens with zero attached hydrogens (tertiary/aromatic N) is 1. The molecule has 0 atom stereocenters. The molecule has 2 aromatic carbocycles. The van der Waals surface area contributed by atoms with E-state index in [0.29, 0.717) is 11.3 Å². The van der Waals surface area contributed by atoms with Crippen LogP contribution in [0.4, 0.5) is 4.39 Å². The molecule has 4 heteroatoms. The Morgan fingerprint density at radius 1 is 1.16 bits per heavy atom. The number of nitrogens with one attached hydrogen (secondary N) is 1. The van der Waals surface area contributed by atoms with Gasteiger partial charge in [-0.3, -0.25) is 0 Å². The van der Waals surface area contributed by atoms with Crippen molar-refractivity contribution in [2.45, 2.75) is 13.5 Å². The summed E-state index contributed by atoms with van der Waals surface area (Å²) in [6.07, 6.45) is 0. The zero-order valence-corrected chi connectivity index (χ0v) is 11.3. The summed E-state index contributed by atoms with van der Waals surface area (Å²) in [6.45, 7) is 2.69. The molecule has 0 fully saturated rings. The predicted molar refractivity (Wildman–Crippen MR) is 77.4 cm³/mol. The van der Waals surface area contributed by atoms with Crippen molar-refractivity contribution in [3.63, 3.8) is 0 Å². The number of imidazole rings is 1. The zero-order chi connectivity index (χ0) is 13.4. The highest BCUT2D eigenvalue weighted by Gasteiger charge is 2.05. The van der Waals surface area contributed by atoms with Crippen LogP contribution in [0, 0.1) is 17.5 Å². The molecule has 0 spiro atoms. The summed E-state index contributed by atoms with van der Waals surface area (Å²) in [4.78, 5) is 3.20. The topological polar surface area (TPSA) is 20.7 Å². The highest BCUT2D eigenvalue weighted by atomic mass is 32.1. The van der Waals surface area contributed by atoms with E-state index in [9.17, 15) is 4.39 Å². The van der Waals surface area contributed by atoms with Crippen molar-refractivity contribution in [3.8, 4) is 0 Å². The predicted octanol–water partition coefficient (Wildman–Crippen LogP) is 4.19. The third-order valence-corrected chi connectivity index (χ3v) is 3.51. The van der Waals surface area contributed by atoms with Gasteiger partial charge in [0.25, 0.3) is 0 Å². The summed E-state index contributed by atoms with van der Waals surface area (Å²) in [5, 5.41) is 0. The lowest BCUT2D eigenvalue weighted by Gasteiger charge is -2.05. The summed E-state index contributed by atoms with van der Waals surface area (Å²) in [5.41, 5.74) is 4.32. The Morgan fingerprint density at radius 3 is 2.63 bits per heavy atom. The van der Waals surface area contributed by atoms with E-state index >= 15 is 0 Å². The molecule has 0 bridgehead atoms. The van der Waals surface area contributed by atoms with Gasteiger partial charge in [0.1, 0.15) is 5.82 Å². The van der Waals surface area contributed by atoms with Crippen LogP contribution in [0.2, 0.25) is 0 Å². The Bertz CT molecular complexity index is 784. The highest BCUT2D eigenvalue weighted by Crippen LogP contribution is 2.17. The van der Waals surface area contributed by atoms with Gasteiger partial charge >= 0.3 is 0 Å². The second kappa shape index (κ2) is 4.63. The van der Waals surface area contributed by atoms with Gasteiger partial charge in [0.05, 0.1) is 17.6 Å². The van der Waals surface area contributed by atoms with Gasteiger partial charge < -0.3 is 9.55 Å². The van der Waals surface area contributed by atoms with E-state index in [1.54, 1.807) is 12.1 Å². The number of halogens is 1. The van der Waals surface area contributed by atoms with Crippen molar-refractivity contribution < 1.29 is 4.39 Å². The minimum Gasteiger partial charge on any atom is -0.331 e. The van der Waals surface area contributed by atoms with Gasteiger partial charge in [0.2, 0.25) is 0 Å². The Morgan fingerprint density at radius 2 is 1.89 bits per heavy atom. The van der Waals surface area contributed by atoms with Crippen LogP contribution < -0.4 is 0 Å². The maximum atomic E-state index is 12.9. The molecule has 1 heterocycles. The molecule has 0 amide bonds. The van der Waals surface area contributed by atoms with E-state index in [-0.39, 0.29) is 5.82 Å². The molecule has 1 N–H and O–H groups in total. The number of hydrogen-bond donors (Lipinski definition) is 1. The molecular weight excluding hydrogens is 259 g/mol. The second-order valence-corrected chi connectivity index (χ2v) is 5.05. The summed E-state index contributed by atoms with van der Waals surface area (Å²) in [6, 6.07) is 12.7. The summed E-state index contributed by atoms with van der Waals surface area (Å²) in [7, 11) is 0. The standard InChI is InChI=1S/C15H13FN2S/c1-10-2-7-14-13(8-10)17-15(19)18(14)9-11-3-5-12(16)6-4-11/h2-8H,9H2,1H3,(H,17,19). The van der Waals surface area contributed by atoms with Gasteiger partial charge in [0.15, 0.2) is 4.77 Å². The monoisotopic (exact) mass is 272 g/mol. The van der Waals surface area contributed by atoms with E-state index in [1.807, 2.05) is 11.5 Å². The van der Waals surface area contributed by atoms with Gasteiger partial charge in [-0.15, -0.1) is 0 Å². The SMILES string of the molecule is Cc1ccc2c(c1)[nH]c(=S)n2Cc1ccc(F)cc1. The van der Waals surface area contributed by atoms with Crippen molar-refractivity contribution >= 4 is 23.3 Å². The molecule has 1 aromatic heterocycles. The van der Waals surface area contributed by atoms with Crippen LogP contribution in [-0.2, 0) is 6.54 Å². The number of hydrogen-bond acceptors (Lipinski definition) is 1. The number of rotatable bonds is 2. The van der Waals surface area contributed by atoms with Crippen LogP contribution in [0.1, 0.15) is 11.1 Å². The fourth-order valence-corrected chi connectivity index (χ4v) is 2.48. The smallest absolute Gasteiger partial charge is 0.178 e. The fourth-order valence-electron chi connectivity index (χ4n) is 2.21. The number of aryl methyl sites for hydroxylation is 1. The molecule has 0 saturated carbocycles. The van der Waals surface area contributed by atoms with E-state index in [4.69, 9.17) is 12.2 Å². The second-order valence-electron chi connectivity index (χ2n) is 4.66. The molecule has 0 aliphatic carbocycles. The normalized spacial score (nSPS) is 11.1. The zero-order valence-electron chi connectivity index (χ0n) is 10.5. The van der Waals surface area contributed by atoms with E-state index < -0.39 is 0 Å². The lowest BCUT2D eigenvalue weighted by Crippen LogP contribution is -1.99. The van der Waals surface area contributed by atoms with Crippen molar-refractivity contribution in [2.24, 2.45) is 0 Å². The molecule has 0 aliphatic rings. The Hall–Kier alpha value is -1.94. The Labute approximate surface area is 115 Å². The minimum atomic E-state index is -0.220. The highest BCUT2D eigenvalue weighted by molar-refractivity contribution is 7.71. The number of aromatic amines is 1. The van der Waals surface area contributed by atoms with E-state index in [0.717, 1.165) is 16.6 Å². The maximum absolute atomic E-state index is 12.9. The molecule has 3 aromatic rings. The van der Waals surface area contributed by atoms with Gasteiger partial charge in [0, 0.05) is 0 Å². The van der Waals surface area contributed by atoms with E-state index in [2.05, 4.69) is 23.2 Å². The van der Waals surface area contributed by atoms with Crippen molar-refractivity contribution in [2.75, 3.05) is 0 Å².